The van der Waals surface area contributed by atoms with Gasteiger partial charge in [0.1, 0.15) is 4.84 Å². The second-order valence-corrected chi connectivity index (χ2v) is 4.95. The smallest absolute Gasteiger partial charge is 0.120 e. The third-order valence-corrected chi connectivity index (χ3v) is 3.40. The molecule has 0 nitrogen and oxygen atoms in total. The summed E-state index contributed by atoms with van der Waals surface area (Å²) in [5.41, 5.74) is 1.33. The number of halogens is 3. The lowest BCUT2D eigenvalue weighted by atomic mass is 10.1. The lowest BCUT2D eigenvalue weighted by molar-refractivity contribution is 0.713. The molecule has 0 heterocycles. The quantitative estimate of drug-likeness (QED) is 0.680. The van der Waals surface area contributed by atoms with E-state index in [1.54, 1.807) is 0 Å². The second kappa shape index (κ2) is 6.55. The van der Waals surface area contributed by atoms with Gasteiger partial charge in [0.25, 0.3) is 0 Å². The standard InChI is InChI=1S/C11H13Cl3/c12-10(11(13)14)8-4-7-9-5-2-1-3-6-9/h1-3,5-6,10-11H,4,7-8H2. The first-order chi connectivity index (χ1) is 6.70. The Kier molecular flexibility index (Phi) is 5.69. The van der Waals surface area contributed by atoms with Gasteiger partial charge in [-0.3, -0.25) is 0 Å². The summed E-state index contributed by atoms with van der Waals surface area (Å²) in [6, 6.07) is 10.3. The van der Waals surface area contributed by atoms with Crippen LogP contribution in [0.25, 0.3) is 0 Å². The van der Waals surface area contributed by atoms with Crippen LogP contribution < -0.4 is 0 Å². The van der Waals surface area contributed by atoms with Crippen LogP contribution in [0.15, 0.2) is 30.3 Å². The van der Waals surface area contributed by atoms with Crippen molar-refractivity contribution in [1.29, 1.82) is 0 Å². The molecule has 1 atom stereocenters. The van der Waals surface area contributed by atoms with Crippen molar-refractivity contribution in [3.8, 4) is 0 Å². The maximum atomic E-state index is 5.92. The summed E-state index contributed by atoms with van der Waals surface area (Å²) in [6.07, 6.45) is 2.91. The molecule has 1 aromatic carbocycles. The number of alkyl halides is 3. The maximum absolute atomic E-state index is 5.92. The lowest BCUT2D eigenvalue weighted by Crippen LogP contribution is -2.08. The Morgan fingerprint density at radius 3 is 2.21 bits per heavy atom. The minimum absolute atomic E-state index is 0.137. The molecule has 1 aromatic rings. The van der Waals surface area contributed by atoms with E-state index in [4.69, 9.17) is 34.8 Å². The molecule has 3 heteroatoms. The molecule has 0 aliphatic rings. The van der Waals surface area contributed by atoms with Gasteiger partial charge in [-0.05, 0) is 24.8 Å². The molecule has 14 heavy (non-hydrogen) atoms. The van der Waals surface area contributed by atoms with E-state index >= 15 is 0 Å². The first-order valence-electron chi connectivity index (χ1n) is 4.66. The van der Waals surface area contributed by atoms with Crippen molar-refractivity contribution < 1.29 is 0 Å². The van der Waals surface area contributed by atoms with Crippen LogP contribution in [0.4, 0.5) is 0 Å². The molecule has 0 N–H and O–H groups in total. The summed E-state index contributed by atoms with van der Waals surface area (Å²) < 4.78 is 0. The number of rotatable bonds is 5. The highest BCUT2D eigenvalue weighted by Gasteiger charge is 2.12. The van der Waals surface area contributed by atoms with E-state index < -0.39 is 4.84 Å². The predicted molar refractivity (Wildman–Crippen MR) is 64.5 cm³/mol. The van der Waals surface area contributed by atoms with Crippen molar-refractivity contribution in [2.75, 3.05) is 0 Å². The van der Waals surface area contributed by atoms with Crippen LogP contribution in [0.3, 0.4) is 0 Å². The summed E-state index contributed by atoms with van der Waals surface area (Å²) >= 11 is 17.2. The Hall–Kier alpha value is 0.0900. The van der Waals surface area contributed by atoms with Crippen LogP contribution in [0.1, 0.15) is 18.4 Å². The zero-order chi connectivity index (χ0) is 10.4. The Morgan fingerprint density at radius 1 is 1.00 bits per heavy atom. The van der Waals surface area contributed by atoms with Crippen molar-refractivity contribution >= 4 is 34.8 Å². The van der Waals surface area contributed by atoms with E-state index in [0.29, 0.717) is 0 Å². The summed E-state index contributed by atoms with van der Waals surface area (Å²) in [5.74, 6) is 0. The number of aryl methyl sites for hydroxylation is 1. The summed E-state index contributed by atoms with van der Waals surface area (Å²) in [4.78, 5) is -0.465. The Morgan fingerprint density at radius 2 is 1.64 bits per heavy atom. The zero-order valence-electron chi connectivity index (χ0n) is 7.80. The third-order valence-electron chi connectivity index (χ3n) is 2.06. The van der Waals surface area contributed by atoms with Crippen LogP contribution >= 0.6 is 34.8 Å². The molecule has 0 aromatic heterocycles. The Bertz CT molecular complexity index is 246. The summed E-state index contributed by atoms with van der Waals surface area (Å²) in [5, 5.41) is -0.137. The van der Waals surface area contributed by atoms with E-state index in [1.165, 1.54) is 5.56 Å². The van der Waals surface area contributed by atoms with Gasteiger partial charge in [0.15, 0.2) is 0 Å². The molecule has 0 aliphatic heterocycles. The van der Waals surface area contributed by atoms with Crippen molar-refractivity contribution in [3.05, 3.63) is 35.9 Å². The first-order valence-corrected chi connectivity index (χ1v) is 5.97. The highest BCUT2D eigenvalue weighted by Crippen LogP contribution is 2.19. The molecular formula is C11H13Cl3. The molecular weight excluding hydrogens is 238 g/mol. The lowest BCUT2D eigenvalue weighted by Gasteiger charge is -2.09. The van der Waals surface area contributed by atoms with E-state index in [1.807, 2.05) is 18.2 Å². The largest absolute Gasteiger partial charge is 0.124 e. The zero-order valence-corrected chi connectivity index (χ0v) is 10.1. The molecule has 0 aliphatic carbocycles. The average Bonchev–Trinajstić information content (AvgIpc) is 2.19. The van der Waals surface area contributed by atoms with E-state index in [0.717, 1.165) is 19.3 Å². The summed E-state index contributed by atoms with van der Waals surface area (Å²) in [7, 11) is 0. The first kappa shape index (κ1) is 12.2. The molecule has 0 bridgehead atoms. The van der Waals surface area contributed by atoms with Crippen molar-refractivity contribution in [1.82, 2.24) is 0 Å². The maximum Gasteiger partial charge on any atom is 0.124 e. The van der Waals surface area contributed by atoms with Crippen LogP contribution in [-0.4, -0.2) is 10.2 Å². The monoisotopic (exact) mass is 250 g/mol. The second-order valence-electron chi connectivity index (χ2n) is 3.23. The minimum atomic E-state index is -0.465. The minimum Gasteiger partial charge on any atom is -0.120 e. The van der Waals surface area contributed by atoms with Gasteiger partial charge in [0.05, 0.1) is 5.38 Å². The SMILES string of the molecule is ClC(Cl)C(Cl)CCCc1ccccc1. The predicted octanol–water partition coefficient (Wildman–Crippen LogP) is 4.42. The van der Waals surface area contributed by atoms with Crippen LogP contribution in [-0.2, 0) is 6.42 Å². The number of hydrogen-bond donors (Lipinski definition) is 0. The van der Waals surface area contributed by atoms with Crippen molar-refractivity contribution in [2.45, 2.75) is 29.5 Å². The number of hydrogen-bond acceptors (Lipinski definition) is 0. The molecule has 0 radical (unpaired) electrons. The topological polar surface area (TPSA) is 0 Å². The fourth-order valence-electron chi connectivity index (χ4n) is 1.27. The van der Waals surface area contributed by atoms with Crippen molar-refractivity contribution in [3.63, 3.8) is 0 Å². The van der Waals surface area contributed by atoms with Gasteiger partial charge in [0, 0.05) is 0 Å². The summed E-state index contributed by atoms with van der Waals surface area (Å²) in [6.45, 7) is 0. The van der Waals surface area contributed by atoms with Crippen LogP contribution in [0.5, 0.6) is 0 Å². The van der Waals surface area contributed by atoms with E-state index in [9.17, 15) is 0 Å². The third kappa shape index (κ3) is 4.54. The van der Waals surface area contributed by atoms with Gasteiger partial charge < -0.3 is 0 Å². The van der Waals surface area contributed by atoms with Gasteiger partial charge in [0.2, 0.25) is 0 Å². The van der Waals surface area contributed by atoms with Crippen molar-refractivity contribution in [2.24, 2.45) is 0 Å². The molecule has 1 unspecified atom stereocenters. The van der Waals surface area contributed by atoms with Gasteiger partial charge in [-0.2, -0.15) is 0 Å². The number of benzene rings is 1. The molecule has 0 saturated heterocycles. The van der Waals surface area contributed by atoms with E-state index in [-0.39, 0.29) is 5.38 Å². The normalized spacial score (nSPS) is 13.1. The van der Waals surface area contributed by atoms with Crippen LogP contribution in [0, 0.1) is 0 Å². The molecule has 0 amide bonds. The van der Waals surface area contributed by atoms with Gasteiger partial charge >= 0.3 is 0 Å². The van der Waals surface area contributed by atoms with Crippen LogP contribution in [0.2, 0.25) is 0 Å². The Balaban J connectivity index is 2.22. The fraction of sp³-hybridized carbons (Fsp3) is 0.455. The van der Waals surface area contributed by atoms with E-state index in [2.05, 4.69) is 12.1 Å². The van der Waals surface area contributed by atoms with Gasteiger partial charge in [-0.25, -0.2) is 0 Å². The van der Waals surface area contributed by atoms with Gasteiger partial charge in [-0.15, -0.1) is 34.8 Å². The molecule has 0 spiro atoms. The average molecular weight is 252 g/mol. The van der Waals surface area contributed by atoms with Gasteiger partial charge in [-0.1, -0.05) is 30.3 Å². The Labute approximate surface area is 100 Å². The highest BCUT2D eigenvalue weighted by atomic mass is 35.5. The fourth-order valence-corrected chi connectivity index (χ4v) is 1.68. The molecule has 1 rings (SSSR count). The molecule has 0 saturated carbocycles. The highest BCUT2D eigenvalue weighted by molar-refractivity contribution is 6.48. The molecule has 78 valence electrons. The molecule has 0 fully saturated rings.